The summed E-state index contributed by atoms with van der Waals surface area (Å²) in [5, 5.41) is 9.73. The van der Waals surface area contributed by atoms with E-state index in [1.807, 2.05) is 31.4 Å². The van der Waals surface area contributed by atoms with Crippen LogP contribution in [-0.4, -0.2) is 29.2 Å². The zero-order valence-corrected chi connectivity index (χ0v) is 16.2. The Kier molecular flexibility index (Phi) is 4.83. The highest BCUT2D eigenvalue weighted by Crippen LogP contribution is 2.39. The lowest BCUT2D eigenvalue weighted by Gasteiger charge is -2.33. The zero-order chi connectivity index (χ0) is 19.7. The SMILES string of the molecule is CNc1cc(C2=CC[C@H](C)c3nc(NCC4(F)CCC4)ncc32)ccc1N=N. The number of rotatable bonds is 6. The van der Waals surface area contributed by atoms with Gasteiger partial charge in [-0.3, -0.25) is 0 Å². The van der Waals surface area contributed by atoms with Gasteiger partial charge in [0.15, 0.2) is 0 Å². The molecule has 1 fully saturated rings. The first-order valence-corrected chi connectivity index (χ1v) is 9.73. The van der Waals surface area contributed by atoms with Crippen molar-refractivity contribution in [1.29, 1.82) is 5.53 Å². The fourth-order valence-corrected chi connectivity index (χ4v) is 3.83. The second kappa shape index (κ2) is 7.30. The monoisotopic (exact) mass is 380 g/mol. The maximum absolute atomic E-state index is 14.3. The average Bonchev–Trinajstić information content (AvgIpc) is 2.70. The second-order valence-corrected chi connectivity index (χ2v) is 7.70. The fourth-order valence-electron chi connectivity index (χ4n) is 3.83. The van der Waals surface area contributed by atoms with E-state index in [4.69, 9.17) is 10.5 Å². The van der Waals surface area contributed by atoms with Crippen LogP contribution in [0.4, 0.5) is 21.7 Å². The number of benzene rings is 1. The third kappa shape index (κ3) is 3.37. The summed E-state index contributed by atoms with van der Waals surface area (Å²) in [6, 6.07) is 5.80. The summed E-state index contributed by atoms with van der Waals surface area (Å²) in [5.41, 5.74) is 11.7. The molecule has 6 nitrogen and oxygen atoms in total. The Hall–Kier alpha value is -2.83. The van der Waals surface area contributed by atoms with E-state index in [9.17, 15) is 4.39 Å². The summed E-state index contributed by atoms with van der Waals surface area (Å²) in [7, 11) is 1.82. The molecule has 3 N–H and O–H groups in total. The molecule has 0 spiro atoms. The van der Waals surface area contributed by atoms with Gasteiger partial charge in [-0.25, -0.2) is 19.9 Å². The van der Waals surface area contributed by atoms with E-state index >= 15 is 0 Å². The topological polar surface area (TPSA) is 86.1 Å². The highest BCUT2D eigenvalue weighted by Gasteiger charge is 2.37. The van der Waals surface area contributed by atoms with Gasteiger partial charge in [0.2, 0.25) is 5.95 Å². The maximum Gasteiger partial charge on any atom is 0.223 e. The molecule has 2 aliphatic carbocycles. The Labute approximate surface area is 164 Å². The van der Waals surface area contributed by atoms with Gasteiger partial charge < -0.3 is 10.6 Å². The summed E-state index contributed by atoms with van der Waals surface area (Å²) in [5.74, 6) is 0.770. The molecule has 0 amide bonds. The van der Waals surface area contributed by atoms with Crippen LogP contribution in [0.15, 0.2) is 35.6 Å². The van der Waals surface area contributed by atoms with Gasteiger partial charge in [0.1, 0.15) is 11.4 Å². The molecule has 0 aliphatic heterocycles. The van der Waals surface area contributed by atoms with E-state index in [-0.39, 0.29) is 12.5 Å². The first-order valence-electron chi connectivity index (χ1n) is 9.73. The maximum atomic E-state index is 14.3. The van der Waals surface area contributed by atoms with Crippen molar-refractivity contribution in [1.82, 2.24) is 9.97 Å². The molecule has 1 saturated carbocycles. The van der Waals surface area contributed by atoms with Gasteiger partial charge in [0, 0.05) is 24.7 Å². The molecule has 7 heteroatoms. The van der Waals surface area contributed by atoms with Crippen LogP contribution >= 0.6 is 0 Å². The third-order valence-corrected chi connectivity index (χ3v) is 5.76. The molecule has 146 valence electrons. The van der Waals surface area contributed by atoms with Crippen LogP contribution in [0.3, 0.4) is 0 Å². The minimum absolute atomic E-state index is 0.270. The number of halogens is 1. The summed E-state index contributed by atoms with van der Waals surface area (Å²) < 4.78 is 14.3. The first kappa shape index (κ1) is 18.5. The normalized spacial score (nSPS) is 19.8. The number of nitrogens with zero attached hydrogens (tertiary/aromatic N) is 3. The van der Waals surface area contributed by atoms with Crippen molar-refractivity contribution in [3.8, 4) is 0 Å². The van der Waals surface area contributed by atoms with E-state index in [1.165, 1.54) is 0 Å². The molecule has 1 heterocycles. The molecule has 28 heavy (non-hydrogen) atoms. The van der Waals surface area contributed by atoms with Crippen molar-refractivity contribution in [3.63, 3.8) is 0 Å². The van der Waals surface area contributed by atoms with Crippen LogP contribution < -0.4 is 10.6 Å². The number of alkyl halides is 1. The van der Waals surface area contributed by atoms with E-state index in [0.29, 0.717) is 24.5 Å². The summed E-state index contributed by atoms with van der Waals surface area (Å²) in [6.45, 7) is 2.42. The number of hydrogen-bond acceptors (Lipinski definition) is 6. The van der Waals surface area contributed by atoms with Crippen LogP contribution in [0.5, 0.6) is 0 Å². The van der Waals surface area contributed by atoms with Gasteiger partial charge in [-0.1, -0.05) is 19.1 Å². The van der Waals surface area contributed by atoms with E-state index in [0.717, 1.165) is 40.9 Å². The molecule has 2 aliphatic rings. The van der Waals surface area contributed by atoms with Crippen molar-refractivity contribution < 1.29 is 4.39 Å². The molecular formula is C21H25FN6. The van der Waals surface area contributed by atoms with Crippen molar-refractivity contribution in [3.05, 3.63) is 47.3 Å². The van der Waals surface area contributed by atoms with Gasteiger partial charge in [0.25, 0.3) is 0 Å². The molecule has 1 aromatic heterocycles. The fraction of sp³-hybridized carbons (Fsp3) is 0.429. The van der Waals surface area contributed by atoms with Crippen molar-refractivity contribution in [2.75, 3.05) is 24.2 Å². The highest BCUT2D eigenvalue weighted by molar-refractivity contribution is 5.85. The Morgan fingerprint density at radius 2 is 2.18 bits per heavy atom. The zero-order valence-electron chi connectivity index (χ0n) is 16.2. The molecule has 4 rings (SSSR count). The Morgan fingerprint density at radius 1 is 1.36 bits per heavy atom. The lowest BCUT2D eigenvalue weighted by atomic mass is 9.82. The summed E-state index contributed by atoms with van der Waals surface area (Å²) >= 11 is 0. The number of aromatic nitrogens is 2. The molecule has 2 aromatic rings. The predicted octanol–water partition coefficient (Wildman–Crippen LogP) is 5.42. The van der Waals surface area contributed by atoms with Crippen LogP contribution in [0.1, 0.15) is 55.3 Å². The molecule has 0 saturated heterocycles. The van der Waals surface area contributed by atoms with Crippen LogP contribution in [0.2, 0.25) is 0 Å². The first-order chi connectivity index (χ1) is 13.5. The molecule has 0 radical (unpaired) electrons. The van der Waals surface area contributed by atoms with Gasteiger partial charge in [-0.2, -0.15) is 5.11 Å². The lowest BCUT2D eigenvalue weighted by Crippen LogP contribution is -2.39. The summed E-state index contributed by atoms with van der Waals surface area (Å²) in [6.07, 6.45) is 7.10. The number of allylic oxidation sites excluding steroid dienone is 1. The second-order valence-electron chi connectivity index (χ2n) is 7.70. The smallest absolute Gasteiger partial charge is 0.223 e. The van der Waals surface area contributed by atoms with Gasteiger partial charge in [0.05, 0.1) is 17.9 Å². The largest absolute Gasteiger partial charge is 0.386 e. The molecule has 1 aromatic carbocycles. The minimum atomic E-state index is -1.11. The number of nitrogens with one attached hydrogen (secondary N) is 3. The number of fused-ring (bicyclic) bond motifs is 1. The van der Waals surface area contributed by atoms with Crippen molar-refractivity contribution >= 4 is 22.9 Å². The number of hydrogen-bond donors (Lipinski definition) is 3. The lowest BCUT2D eigenvalue weighted by molar-refractivity contribution is 0.0782. The van der Waals surface area contributed by atoms with Crippen LogP contribution in [-0.2, 0) is 0 Å². The van der Waals surface area contributed by atoms with Crippen molar-refractivity contribution in [2.45, 2.75) is 44.2 Å². The Bertz CT molecular complexity index is 934. The quantitative estimate of drug-likeness (QED) is 0.584. The Morgan fingerprint density at radius 3 is 2.86 bits per heavy atom. The van der Waals surface area contributed by atoms with Crippen LogP contribution in [0, 0.1) is 5.53 Å². The van der Waals surface area contributed by atoms with E-state index in [2.05, 4.69) is 33.7 Å². The van der Waals surface area contributed by atoms with Gasteiger partial charge in [-0.05, 0) is 49.0 Å². The van der Waals surface area contributed by atoms with E-state index < -0.39 is 5.67 Å². The van der Waals surface area contributed by atoms with Crippen LogP contribution in [0.25, 0.3) is 5.57 Å². The van der Waals surface area contributed by atoms with Crippen molar-refractivity contribution in [2.24, 2.45) is 5.11 Å². The standard InChI is InChI=1S/C21H25FN6/c1-13-4-6-15(14-5-7-17(28-23)18(10-14)24-2)16-11-25-20(27-19(13)16)26-12-21(22)8-3-9-21/h5-7,10-11,13,23-24H,3-4,8-9,12H2,1-2H3,(H,25,26,27)/t13-/m0/s1. The highest BCUT2D eigenvalue weighted by atomic mass is 19.1. The molecule has 1 atom stereocenters. The summed E-state index contributed by atoms with van der Waals surface area (Å²) in [4.78, 5) is 9.16. The average molecular weight is 380 g/mol. The van der Waals surface area contributed by atoms with Gasteiger partial charge in [-0.15, -0.1) is 0 Å². The molecule has 0 bridgehead atoms. The van der Waals surface area contributed by atoms with Gasteiger partial charge >= 0.3 is 0 Å². The predicted molar refractivity (Wildman–Crippen MR) is 109 cm³/mol. The number of anilines is 2. The Balaban J connectivity index is 1.63. The van der Waals surface area contributed by atoms with E-state index in [1.54, 1.807) is 0 Å². The third-order valence-electron chi connectivity index (χ3n) is 5.76. The molecule has 0 unspecified atom stereocenters. The minimum Gasteiger partial charge on any atom is -0.386 e. The molecular weight excluding hydrogens is 355 g/mol.